The van der Waals surface area contributed by atoms with Crippen LogP contribution in [0.15, 0.2) is 0 Å². The lowest BCUT2D eigenvalue weighted by Crippen LogP contribution is -2.26. The average Bonchev–Trinajstić information content (AvgIpc) is 2.66. The van der Waals surface area contributed by atoms with Gasteiger partial charge in [0.1, 0.15) is 0 Å². The molecule has 1 atom stereocenters. The van der Waals surface area contributed by atoms with E-state index in [2.05, 4.69) is 28.2 Å². The SMILES string of the molecule is CC(Br)CCNC(=O)C1CC1. The standard InChI is InChI=1S/C8H14BrNO/c1-6(9)4-5-10-8(11)7-2-3-7/h6-7H,2-5H2,1H3,(H,10,11). The van der Waals surface area contributed by atoms with Crippen LogP contribution in [0.1, 0.15) is 26.2 Å². The summed E-state index contributed by atoms with van der Waals surface area (Å²) < 4.78 is 0. The van der Waals surface area contributed by atoms with Crippen molar-refractivity contribution in [2.45, 2.75) is 31.0 Å². The molecule has 1 fully saturated rings. The third kappa shape index (κ3) is 3.75. The van der Waals surface area contributed by atoms with Crippen LogP contribution in [-0.4, -0.2) is 17.3 Å². The Hall–Kier alpha value is -0.0500. The topological polar surface area (TPSA) is 29.1 Å². The molecule has 0 bridgehead atoms. The minimum absolute atomic E-state index is 0.248. The van der Waals surface area contributed by atoms with Gasteiger partial charge in [-0.2, -0.15) is 0 Å². The third-order valence-electron chi connectivity index (χ3n) is 1.79. The number of hydrogen-bond acceptors (Lipinski definition) is 1. The summed E-state index contributed by atoms with van der Waals surface area (Å²) >= 11 is 3.43. The third-order valence-corrected chi connectivity index (χ3v) is 2.25. The second-order valence-corrected chi connectivity index (χ2v) is 4.70. The first-order valence-electron chi connectivity index (χ1n) is 4.12. The highest BCUT2D eigenvalue weighted by Gasteiger charge is 2.28. The Bertz CT molecular complexity index is 143. The van der Waals surface area contributed by atoms with E-state index in [1.807, 2.05) is 0 Å². The van der Waals surface area contributed by atoms with Gasteiger partial charge in [-0.25, -0.2) is 0 Å². The molecule has 3 heteroatoms. The van der Waals surface area contributed by atoms with Crippen LogP contribution in [0.5, 0.6) is 0 Å². The van der Waals surface area contributed by atoms with Crippen molar-refractivity contribution in [3.8, 4) is 0 Å². The maximum Gasteiger partial charge on any atom is 0.223 e. The van der Waals surface area contributed by atoms with Crippen molar-refractivity contribution in [3.05, 3.63) is 0 Å². The highest BCUT2D eigenvalue weighted by atomic mass is 79.9. The van der Waals surface area contributed by atoms with Crippen molar-refractivity contribution in [3.63, 3.8) is 0 Å². The second kappa shape index (κ2) is 4.10. The van der Waals surface area contributed by atoms with Gasteiger partial charge in [0.25, 0.3) is 0 Å². The van der Waals surface area contributed by atoms with E-state index < -0.39 is 0 Å². The van der Waals surface area contributed by atoms with Crippen LogP contribution in [0, 0.1) is 5.92 Å². The molecule has 1 rings (SSSR count). The minimum Gasteiger partial charge on any atom is -0.356 e. The number of rotatable bonds is 4. The predicted molar refractivity (Wildman–Crippen MR) is 48.7 cm³/mol. The molecule has 64 valence electrons. The van der Waals surface area contributed by atoms with Gasteiger partial charge in [-0.1, -0.05) is 22.9 Å². The maximum atomic E-state index is 11.1. The zero-order chi connectivity index (χ0) is 8.27. The lowest BCUT2D eigenvalue weighted by molar-refractivity contribution is -0.122. The van der Waals surface area contributed by atoms with Crippen LogP contribution < -0.4 is 5.32 Å². The van der Waals surface area contributed by atoms with Crippen molar-refractivity contribution >= 4 is 21.8 Å². The lowest BCUT2D eigenvalue weighted by Gasteiger charge is -2.04. The van der Waals surface area contributed by atoms with Gasteiger partial charge in [0.2, 0.25) is 5.91 Å². The molecule has 1 unspecified atom stereocenters. The molecule has 0 aromatic rings. The molecule has 11 heavy (non-hydrogen) atoms. The van der Waals surface area contributed by atoms with Gasteiger partial charge in [0.05, 0.1) is 0 Å². The monoisotopic (exact) mass is 219 g/mol. The first-order chi connectivity index (χ1) is 5.20. The van der Waals surface area contributed by atoms with Gasteiger partial charge in [-0.05, 0) is 19.3 Å². The summed E-state index contributed by atoms with van der Waals surface area (Å²) in [4.78, 5) is 11.6. The number of amides is 1. The molecule has 1 aliphatic rings. The Morgan fingerprint density at radius 2 is 2.36 bits per heavy atom. The molecule has 0 aromatic heterocycles. The van der Waals surface area contributed by atoms with Crippen molar-refractivity contribution in [1.82, 2.24) is 5.32 Å². The van der Waals surface area contributed by atoms with Crippen molar-refractivity contribution < 1.29 is 4.79 Å². The van der Waals surface area contributed by atoms with Crippen LogP contribution in [0.4, 0.5) is 0 Å². The summed E-state index contributed by atoms with van der Waals surface area (Å²) in [5.74, 6) is 0.596. The predicted octanol–water partition coefficient (Wildman–Crippen LogP) is 1.69. The molecular weight excluding hydrogens is 206 g/mol. The van der Waals surface area contributed by atoms with Gasteiger partial charge in [-0.15, -0.1) is 0 Å². The first-order valence-corrected chi connectivity index (χ1v) is 5.03. The number of hydrogen-bond donors (Lipinski definition) is 1. The normalized spacial score (nSPS) is 19.5. The Labute approximate surface area is 75.9 Å². The Kier molecular flexibility index (Phi) is 3.37. The average molecular weight is 220 g/mol. The molecule has 0 aliphatic heterocycles. The summed E-state index contributed by atoms with van der Waals surface area (Å²) in [6.45, 7) is 2.89. The van der Waals surface area contributed by atoms with Crippen LogP contribution in [0.25, 0.3) is 0 Å². The summed E-state index contributed by atoms with van der Waals surface area (Å²) in [6, 6.07) is 0. The molecule has 2 nitrogen and oxygen atoms in total. The fraction of sp³-hybridized carbons (Fsp3) is 0.875. The van der Waals surface area contributed by atoms with Crippen LogP contribution in [-0.2, 0) is 4.79 Å². The lowest BCUT2D eigenvalue weighted by atomic mass is 10.3. The molecule has 0 radical (unpaired) electrons. The molecule has 1 saturated carbocycles. The summed E-state index contributed by atoms with van der Waals surface area (Å²) in [7, 11) is 0. The number of carbonyl (C=O) groups is 1. The van der Waals surface area contributed by atoms with E-state index >= 15 is 0 Å². The van der Waals surface area contributed by atoms with Gasteiger partial charge in [0.15, 0.2) is 0 Å². The Balaban J connectivity index is 1.97. The van der Waals surface area contributed by atoms with Gasteiger partial charge in [-0.3, -0.25) is 4.79 Å². The highest BCUT2D eigenvalue weighted by molar-refractivity contribution is 9.09. The van der Waals surface area contributed by atoms with E-state index in [9.17, 15) is 4.79 Å². The van der Waals surface area contributed by atoms with Crippen LogP contribution in [0.3, 0.4) is 0 Å². The molecule has 1 aliphatic carbocycles. The number of carbonyl (C=O) groups excluding carboxylic acids is 1. The Morgan fingerprint density at radius 3 is 2.82 bits per heavy atom. The number of alkyl halides is 1. The zero-order valence-electron chi connectivity index (χ0n) is 6.77. The van der Waals surface area contributed by atoms with Crippen molar-refractivity contribution in [1.29, 1.82) is 0 Å². The van der Waals surface area contributed by atoms with Crippen LogP contribution in [0.2, 0.25) is 0 Å². The van der Waals surface area contributed by atoms with E-state index in [4.69, 9.17) is 0 Å². The molecule has 0 aromatic carbocycles. The maximum absolute atomic E-state index is 11.1. The second-order valence-electron chi connectivity index (χ2n) is 3.13. The quantitative estimate of drug-likeness (QED) is 0.717. The van der Waals surface area contributed by atoms with E-state index in [-0.39, 0.29) is 5.91 Å². The Morgan fingerprint density at radius 1 is 1.73 bits per heavy atom. The summed E-state index contributed by atoms with van der Waals surface area (Å²) in [6.07, 6.45) is 3.20. The molecule has 1 amide bonds. The molecule has 1 N–H and O–H groups in total. The summed E-state index contributed by atoms with van der Waals surface area (Å²) in [5.41, 5.74) is 0. The largest absolute Gasteiger partial charge is 0.356 e. The van der Waals surface area contributed by atoms with E-state index in [1.54, 1.807) is 0 Å². The molecule has 0 spiro atoms. The zero-order valence-corrected chi connectivity index (χ0v) is 8.36. The van der Waals surface area contributed by atoms with E-state index in [1.165, 1.54) is 0 Å². The summed E-state index contributed by atoms with van der Waals surface area (Å²) in [5, 5.41) is 2.91. The fourth-order valence-corrected chi connectivity index (χ4v) is 1.11. The van der Waals surface area contributed by atoms with Gasteiger partial charge in [0, 0.05) is 17.3 Å². The van der Waals surface area contributed by atoms with E-state index in [0.717, 1.165) is 25.8 Å². The number of nitrogens with one attached hydrogen (secondary N) is 1. The minimum atomic E-state index is 0.248. The smallest absolute Gasteiger partial charge is 0.223 e. The highest BCUT2D eigenvalue weighted by Crippen LogP contribution is 2.28. The molecular formula is C8H14BrNO. The number of halogens is 1. The van der Waals surface area contributed by atoms with Crippen molar-refractivity contribution in [2.75, 3.05) is 6.54 Å². The van der Waals surface area contributed by atoms with Gasteiger partial charge >= 0.3 is 0 Å². The van der Waals surface area contributed by atoms with Gasteiger partial charge < -0.3 is 5.32 Å². The molecule has 0 saturated heterocycles. The molecule has 0 heterocycles. The first kappa shape index (κ1) is 9.04. The van der Waals surface area contributed by atoms with E-state index in [0.29, 0.717) is 10.7 Å². The van der Waals surface area contributed by atoms with Crippen molar-refractivity contribution in [2.24, 2.45) is 5.92 Å². The fourth-order valence-electron chi connectivity index (χ4n) is 0.884. The van der Waals surface area contributed by atoms with Crippen LogP contribution >= 0.6 is 15.9 Å².